The van der Waals surface area contributed by atoms with Crippen LogP contribution in [-0.4, -0.2) is 37.0 Å². The van der Waals surface area contributed by atoms with Gasteiger partial charge in [-0.05, 0) is 80.7 Å². The number of carbonyl (C=O) groups excluding carboxylic acids is 1. The summed E-state index contributed by atoms with van der Waals surface area (Å²) in [7, 11) is 0. The van der Waals surface area contributed by atoms with Gasteiger partial charge in [-0.15, -0.1) is 0 Å². The Labute approximate surface area is 183 Å². The molecular formula is C23H28Cl2N2O2. The van der Waals surface area contributed by atoms with Gasteiger partial charge in [-0.25, -0.2) is 0 Å². The molecule has 0 aliphatic carbocycles. The van der Waals surface area contributed by atoms with Crippen molar-refractivity contribution in [3.8, 4) is 5.75 Å². The summed E-state index contributed by atoms with van der Waals surface area (Å²) in [6.45, 7) is 7.73. The normalized spacial score (nSPS) is 15.3. The van der Waals surface area contributed by atoms with E-state index in [0.717, 1.165) is 43.8 Å². The van der Waals surface area contributed by atoms with Crippen molar-refractivity contribution in [2.24, 2.45) is 5.92 Å². The van der Waals surface area contributed by atoms with Crippen LogP contribution in [0.5, 0.6) is 5.75 Å². The molecule has 0 unspecified atom stereocenters. The van der Waals surface area contributed by atoms with E-state index >= 15 is 0 Å². The quantitative estimate of drug-likeness (QED) is 0.622. The van der Waals surface area contributed by atoms with Gasteiger partial charge in [-0.1, -0.05) is 35.3 Å². The van der Waals surface area contributed by atoms with Gasteiger partial charge < -0.3 is 10.1 Å². The maximum absolute atomic E-state index is 12.4. The zero-order valence-corrected chi connectivity index (χ0v) is 18.5. The third-order valence-corrected chi connectivity index (χ3v) is 5.95. The summed E-state index contributed by atoms with van der Waals surface area (Å²) in [5, 5.41) is 4.18. The molecule has 4 nitrogen and oxygen atoms in total. The highest BCUT2D eigenvalue weighted by Gasteiger charge is 2.24. The summed E-state index contributed by atoms with van der Waals surface area (Å²) in [6, 6.07) is 11.9. The largest absolute Gasteiger partial charge is 0.492 e. The second kappa shape index (κ2) is 10.3. The predicted molar refractivity (Wildman–Crippen MR) is 119 cm³/mol. The SMILES string of the molecule is Cc1cc(C)cc(OCCNC(=O)C2CCN(Cc3ccc(Cl)c(Cl)c3)CC2)c1. The highest BCUT2D eigenvalue weighted by Crippen LogP contribution is 2.25. The van der Waals surface area contributed by atoms with Crippen LogP contribution >= 0.6 is 23.2 Å². The van der Waals surface area contributed by atoms with E-state index in [4.69, 9.17) is 27.9 Å². The van der Waals surface area contributed by atoms with Gasteiger partial charge in [-0.3, -0.25) is 9.69 Å². The van der Waals surface area contributed by atoms with E-state index in [-0.39, 0.29) is 11.8 Å². The molecule has 3 rings (SSSR count). The first-order chi connectivity index (χ1) is 13.9. The van der Waals surface area contributed by atoms with Crippen molar-refractivity contribution in [1.29, 1.82) is 0 Å². The van der Waals surface area contributed by atoms with Gasteiger partial charge in [0.25, 0.3) is 0 Å². The number of benzene rings is 2. The second-order valence-corrected chi connectivity index (χ2v) is 8.58. The van der Waals surface area contributed by atoms with Crippen LogP contribution in [0.2, 0.25) is 10.0 Å². The molecule has 6 heteroatoms. The van der Waals surface area contributed by atoms with Gasteiger partial charge >= 0.3 is 0 Å². The number of nitrogens with one attached hydrogen (secondary N) is 1. The number of hydrogen-bond donors (Lipinski definition) is 1. The number of likely N-dealkylation sites (tertiary alicyclic amines) is 1. The van der Waals surface area contributed by atoms with Gasteiger partial charge in [0.05, 0.1) is 16.6 Å². The minimum atomic E-state index is 0.0706. The molecule has 0 bridgehead atoms. The Hall–Kier alpha value is -1.75. The average molecular weight is 435 g/mol. The first kappa shape index (κ1) is 21.9. The minimum Gasteiger partial charge on any atom is -0.492 e. The second-order valence-electron chi connectivity index (χ2n) is 7.76. The summed E-state index contributed by atoms with van der Waals surface area (Å²) < 4.78 is 5.76. The monoisotopic (exact) mass is 434 g/mol. The lowest BCUT2D eigenvalue weighted by molar-refractivity contribution is -0.126. The molecule has 1 aliphatic heterocycles. The van der Waals surface area contributed by atoms with Crippen molar-refractivity contribution in [3.63, 3.8) is 0 Å². The Morgan fingerprint density at radius 3 is 2.41 bits per heavy atom. The molecule has 1 heterocycles. The number of rotatable bonds is 7. The number of nitrogens with zero attached hydrogens (tertiary/aromatic N) is 1. The number of halogens is 2. The van der Waals surface area contributed by atoms with E-state index < -0.39 is 0 Å². The van der Waals surface area contributed by atoms with Crippen molar-refractivity contribution in [2.45, 2.75) is 33.2 Å². The number of carbonyl (C=O) groups is 1. The number of ether oxygens (including phenoxy) is 1. The van der Waals surface area contributed by atoms with Gasteiger partial charge in [0, 0.05) is 12.5 Å². The van der Waals surface area contributed by atoms with E-state index in [2.05, 4.69) is 30.1 Å². The molecule has 0 saturated carbocycles. The number of piperidine rings is 1. The zero-order chi connectivity index (χ0) is 20.8. The van der Waals surface area contributed by atoms with Gasteiger partial charge in [0.15, 0.2) is 0 Å². The van der Waals surface area contributed by atoms with E-state index in [0.29, 0.717) is 23.2 Å². The van der Waals surface area contributed by atoms with Gasteiger partial charge in [0.2, 0.25) is 5.91 Å². The Kier molecular flexibility index (Phi) is 7.82. The summed E-state index contributed by atoms with van der Waals surface area (Å²) >= 11 is 12.1. The van der Waals surface area contributed by atoms with E-state index in [1.54, 1.807) is 0 Å². The molecule has 1 aliphatic rings. The maximum Gasteiger partial charge on any atom is 0.223 e. The fourth-order valence-electron chi connectivity index (χ4n) is 3.75. The molecule has 0 radical (unpaired) electrons. The molecule has 1 saturated heterocycles. The van der Waals surface area contributed by atoms with E-state index in [1.807, 2.05) is 30.3 Å². The molecule has 1 amide bonds. The Morgan fingerprint density at radius 2 is 1.76 bits per heavy atom. The first-order valence-electron chi connectivity index (χ1n) is 10.1. The lowest BCUT2D eigenvalue weighted by atomic mass is 9.95. The first-order valence-corrected chi connectivity index (χ1v) is 10.8. The third-order valence-electron chi connectivity index (χ3n) is 5.21. The molecule has 1 fully saturated rings. The smallest absolute Gasteiger partial charge is 0.223 e. The van der Waals surface area contributed by atoms with Crippen molar-refractivity contribution >= 4 is 29.1 Å². The number of amides is 1. The summed E-state index contributed by atoms with van der Waals surface area (Å²) in [5.41, 5.74) is 3.50. The molecule has 156 valence electrons. The van der Waals surface area contributed by atoms with Crippen molar-refractivity contribution in [2.75, 3.05) is 26.2 Å². The maximum atomic E-state index is 12.4. The van der Waals surface area contributed by atoms with Gasteiger partial charge in [-0.2, -0.15) is 0 Å². The molecule has 2 aromatic carbocycles. The molecular weight excluding hydrogens is 407 g/mol. The highest BCUT2D eigenvalue weighted by molar-refractivity contribution is 6.42. The van der Waals surface area contributed by atoms with Crippen LogP contribution in [0.25, 0.3) is 0 Å². The third kappa shape index (κ3) is 6.63. The van der Waals surface area contributed by atoms with Crippen molar-refractivity contribution in [1.82, 2.24) is 10.2 Å². The summed E-state index contributed by atoms with van der Waals surface area (Å²) in [5.74, 6) is 1.05. The molecule has 2 aromatic rings. The summed E-state index contributed by atoms with van der Waals surface area (Å²) in [6.07, 6.45) is 1.73. The molecule has 0 spiro atoms. The predicted octanol–water partition coefficient (Wildman–Crippen LogP) is 5.02. The fraction of sp³-hybridized carbons (Fsp3) is 0.435. The molecule has 29 heavy (non-hydrogen) atoms. The molecule has 1 N–H and O–H groups in total. The van der Waals surface area contributed by atoms with Crippen molar-refractivity contribution in [3.05, 3.63) is 63.1 Å². The van der Waals surface area contributed by atoms with Crippen molar-refractivity contribution < 1.29 is 9.53 Å². The van der Waals surface area contributed by atoms with Crippen LogP contribution in [-0.2, 0) is 11.3 Å². The highest BCUT2D eigenvalue weighted by atomic mass is 35.5. The zero-order valence-electron chi connectivity index (χ0n) is 17.0. The Bertz CT molecular complexity index is 829. The van der Waals surface area contributed by atoms with Gasteiger partial charge in [0.1, 0.15) is 12.4 Å². The lowest BCUT2D eigenvalue weighted by Crippen LogP contribution is -2.41. The number of aryl methyl sites for hydroxylation is 2. The van der Waals surface area contributed by atoms with Crippen LogP contribution in [0.4, 0.5) is 0 Å². The molecule has 0 aromatic heterocycles. The van der Waals surface area contributed by atoms with Crippen LogP contribution in [0.15, 0.2) is 36.4 Å². The summed E-state index contributed by atoms with van der Waals surface area (Å²) in [4.78, 5) is 14.8. The topological polar surface area (TPSA) is 41.6 Å². The standard InChI is InChI=1S/C23H28Cl2N2O2/c1-16-11-17(2)13-20(12-16)29-10-7-26-23(28)19-5-8-27(9-6-19)15-18-3-4-21(24)22(25)14-18/h3-4,11-14,19H,5-10,15H2,1-2H3,(H,26,28). The Balaban J connectivity index is 1.36. The van der Waals surface area contributed by atoms with Crippen LogP contribution in [0.1, 0.15) is 29.5 Å². The lowest BCUT2D eigenvalue weighted by Gasteiger charge is -2.31. The minimum absolute atomic E-state index is 0.0706. The number of hydrogen-bond acceptors (Lipinski definition) is 3. The average Bonchev–Trinajstić information content (AvgIpc) is 2.68. The molecule has 0 atom stereocenters. The Morgan fingerprint density at radius 1 is 1.07 bits per heavy atom. The van der Waals surface area contributed by atoms with E-state index in [9.17, 15) is 4.79 Å². The van der Waals surface area contributed by atoms with Crippen LogP contribution in [0.3, 0.4) is 0 Å². The fourth-order valence-corrected chi connectivity index (χ4v) is 4.07. The van der Waals surface area contributed by atoms with Crippen LogP contribution in [0, 0.1) is 19.8 Å². The van der Waals surface area contributed by atoms with E-state index in [1.165, 1.54) is 11.1 Å². The van der Waals surface area contributed by atoms with Crippen LogP contribution < -0.4 is 10.1 Å².